The van der Waals surface area contributed by atoms with E-state index in [1.54, 1.807) is 12.1 Å². The summed E-state index contributed by atoms with van der Waals surface area (Å²) in [5, 5.41) is 9.05. The highest BCUT2D eigenvalue weighted by molar-refractivity contribution is 5.89. The number of nitrogens with zero attached hydrogens (tertiary/aromatic N) is 1. The maximum Gasteiger partial charge on any atom is 0.307 e. The Balaban J connectivity index is 1.65. The molecule has 0 bridgehead atoms. The van der Waals surface area contributed by atoms with E-state index in [0.29, 0.717) is 19.4 Å². The third-order valence-electron chi connectivity index (χ3n) is 5.03. The number of hydrogen-bond donors (Lipinski definition) is 1. The van der Waals surface area contributed by atoms with Crippen LogP contribution in [0.3, 0.4) is 0 Å². The Hall–Kier alpha value is -1.91. The topological polar surface area (TPSA) is 57.6 Å². The summed E-state index contributed by atoms with van der Waals surface area (Å²) < 4.78 is 13.0. The molecule has 3 rings (SSSR count). The van der Waals surface area contributed by atoms with Crippen molar-refractivity contribution < 1.29 is 19.1 Å². The largest absolute Gasteiger partial charge is 0.481 e. The molecule has 2 unspecified atom stereocenters. The second-order valence-corrected chi connectivity index (χ2v) is 6.63. The first-order valence-corrected chi connectivity index (χ1v) is 8.34. The Kier molecular flexibility index (Phi) is 4.64. The summed E-state index contributed by atoms with van der Waals surface area (Å²) >= 11 is 0. The number of rotatable bonds is 6. The summed E-state index contributed by atoms with van der Waals surface area (Å²) in [6.07, 6.45) is 5.39. The molecule has 0 heterocycles. The van der Waals surface area contributed by atoms with Crippen molar-refractivity contribution in [1.29, 1.82) is 0 Å². The van der Waals surface area contributed by atoms with Gasteiger partial charge in [0.05, 0.1) is 11.8 Å². The van der Waals surface area contributed by atoms with Gasteiger partial charge in [-0.05, 0) is 43.4 Å². The molecule has 2 fully saturated rings. The molecule has 1 N–H and O–H groups in total. The standard InChI is InChI=1S/C18H22FNO3/c19-13-7-5-12(6-8-13)9-10-20(14-3-1-2-4-14)17(21)15-11-16(15)18(22)23/h5-8,14-16H,1-4,9-11H2,(H,22,23). The number of hydrogen-bond acceptors (Lipinski definition) is 2. The lowest BCUT2D eigenvalue weighted by atomic mass is 10.1. The van der Waals surface area contributed by atoms with Gasteiger partial charge in [-0.2, -0.15) is 0 Å². The fourth-order valence-electron chi connectivity index (χ4n) is 3.54. The molecule has 2 atom stereocenters. The van der Waals surface area contributed by atoms with Crippen LogP contribution in [0.5, 0.6) is 0 Å². The Morgan fingerprint density at radius 2 is 1.78 bits per heavy atom. The average molecular weight is 319 g/mol. The van der Waals surface area contributed by atoms with Crippen molar-refractivity contribution in [3.63, 3.8) is 0 Å². The molecule has 1 aromatic rings. The molecule has 2 saturated carbocycles. The average Bonchev–Trinajstić information content (AvgIpc) is 3.17. The summed E-state index contributed by atoms with van der Waals surface area (Å²) in [4.78, 5) is 25.6. The van der Waals surface area contributed by atoms with Crippen LogP contribution in [0.15, 0.2) is 24.3 Å². The quantitative estimate of drug-likeness (QED) is 0.877. The number of carboxylic acid groups (broad SMARTS) is 1. The van der Waals surface area contributed by atoms with Gasteiger partial charge in [0.1, 0.15) is 5.82 Å². The van der Waals surface area contributed by atoms with E-state index < -0.39 is 11.9 Å². The first-order chi connectivity index (χ1) is 11.1. The number of benzene rings is 1. The smallest absolute Gasteiger partial charge is 0.307 e. The van der Waals surface area contributed by atoms with Gasteiger partial charge in [0, 0.05) is 12.6 Å². The van der Waals surface area contributed by atoms with E-state index in [1.165, 1.54) is 12.1 Å². The molecule has 0 saturated heterocycles. The van der Waals surface area contributed by atoms with E-state index in [4.69, 9.17) is 5.11 Å². The lowest BCUT2D eigenvalue weighted by molar-refractivity contribution is -0.142. The van der Waals surface area contributed by atoms with Crippen LogP contribution in [0, 0.1) is 17.7 Å². The van der Waals surface area contributed by atoms with Gasteiger partial charge in [-0.15, -0.1) is 0 Å². The van der Waals surface area contributed by atoms with Crippen LogP contribution in [0.25, 0.3) is 0 Å². The molecule has 0 aromatic heterocycles. The normalized spacial score (nSPS) is 23.7. The predicted molar refractivity (Wildman–Crippen MR) is 83.3 cm³/mol. The Bertz CT molecular complexity index is 580. The number of carboxylic acids is 1. The molecule has 5 heteroatoms. The van der Waals surface area contributed by atoms with E-state index in [9.17, 15) is 14.0 Å². The monoisotopic (exact) mass is 319 g/mol. The van der Waals surface area contributed by atoms with Gasteiger partial charge < -0.3 is 10.0 Å². The molecule has 1 aromatic carbocycles. The van der Waals surface area contributed by atoms with Crippen molar-refractivity contribution in [3.05, 3.63) is 35.6 Å². The van der Waals surface area contributed by atoms with Gasteiger partial charge in [-0.3, -0.25) is 9.59 Å². The van der Waals surface area contributed by atoms with Crippen molar-refractivity contribution in [3.8, 4) is 0 Å². The van der Waals surface area contributed by atoms with Gasteiger partial charge in [0.2, 0.25) is 5.91 Å². The van der Waals surface area contributed by atoms with Gasteiger partial charge in [0.25, 0.3) is 0 Å². The van der Waals surface area contributed by atoms with Crippen LogP contribution in [0.1, 0.15) is 37.7 Å². The number of aliphatic carboxylic acids is 1. The molecular formula is C18H22FNO3. The number of carbonyl (C=O) groups excluding carboxylic acids is 1. The summed E-state index contributed by atoms with van der Waals surface area (Å²) in [5.41, 5.74) is 0.993. The first-order valence-electron chi connectivity index (χ1n) is 8.34. The van der Waals surface area contributed by atoms with Crippen molar-refractivity contribution in [2.75, 3.05) is 6.54 Å². The van der Waals surface area contributed by atoms with Crippen molar-refractivity contribution in [2.24, 2.45) is 11.8 Å². The van der Waals surface area contributed by atoms with Crippen LogP contribution < -0.4 is 0 Å². The Labute approximate surface area is 135 Å². The zero-order chi connectivity index (χ0) is 16.4. The van der Waals surface area contributed by atoms with Gasteiger partial charge in [0.15, 0.2) is 0 Å². The summed E-state index contributed by atoms with van der Waals surface area (Å²) in [6, 6.07) is 6.57. The molecule has 0 radical (unpaired) electrons. The van der Waals surface area contributed by atoms with Crippen LogP contribution in [-0.4, -0.2) is 34.5 Å². The summed E-state index contributed by atoms with van der Waals surface area (Å²) in [7, 11) is 0. The lowest BCUT2D eigenvalue weighted by Crippen LogP contribution is -2.41. The number of carbonyl (C=O) groups is 2. The van der Waals surface area contributed by atoms with Crippen molar-refractivity contribution >= 4 is 11.9 Å². The lowest BCUT2D eigenvalue weighted by Gasteiger charge is -2.29. The zero-order valence-electron chi connectivity index (χ0n) is 13.1. The van der Waals surface area contributed by atoms with E-state index >= 15 is 0 Å². The molecular weight excluding hydrogens is 297 g/mol. The molecule has 0 spiro atoms. The van der Waals surface area contributed by atoms with E-state index in [-0.39, 0.29) is 23.7 Å². The molecule has 4 nitrogen and oxygen atoms in total. The molecule has 23 heavy (non-hydrogen) atoms. The van der Waals surface area contributed by atoms with Crippen LogP contribution in [0.2, 0.25) is 0 Å². The molecule has 124 valence electrons. The molecule has 1 amide bonds. The third-order valence-corrected chi connectivity index (χ3v) is 5.03. The highest BCUT2D eigenvalue weighted by atomic mass is 19.1. The SMILES string of the molecule is O=C(O)C1CC1C(=O)N(CCc1ccc(F)cc1)C1CCCC1. The minimum Gasteiger partial charge on any atom is -0.481 e. The molecule has 2 aliphatic carbocycles. The minimum atomic E-state index is -0.867. The highest BCUT2D eigenvalue weighted by Crippen LogP contribution is 2.41. The maximum absolute atomic E-state index is 13.0. The Morgan fingerprint density at radius 1 is 1.13 bits per heavy atom. The maximum atomic E-state index is 13.0. The molecule has 2 aliphatic rings. The third kappa shape index (κ3) is 3.71. The van der Waals surface area contributed by atoms with Crippen LogP contribution in [0.4, 0.5) is 4.39 Å². The van der Waals surface area contributed by atoms with Crippen molar-refractivity contribution in [2.45, 2.75) is 44.6 Å². The van der Waals surface area contributed by atoms with Gasteiger partial charge in [-0.1, -0.05) is 25.0 Å². The number of amides is 1. The van der Waals surface area contributed by atoms with Crippen LogP contribution in [-0.2, 0) is 16.0 Å². The molecule has 0 aliphatic heterocycles. The second-order valence-electron chi connectivity index (χ2n) is 6.63. The fourth-order valence-corrected chi connectivity index (χ4v) is 3.54. The Morgan fingerprint density at radius 3 is 2.35 bits per heavy atom. The zero-order valence-corrected chi connectivity index (χ0v) is 13.1. The van der Waals surface area contributed by atoms with E-state index in [1.807, 2.05) is 4.90 Å². The van der Waals surface area contributed by atoms with Gasteiger partial charge >= 0.3 is 5.97 Å². The fraction of sp³-hybridized carbons (Fsp3) is 0.556. The summed E-state index contributed by atoms with van der Waals surface area (Å²) in [5.74, 6) is -1.99. The van der Waals surface area contributed by atoms with Crippen molar-refractivity contribution in [1.82, 2.24) is 4.90 Å². The summed E-state index contributed by atoms with van der Waals surface area (Å²) in [6.45, 7) is 0.581. The van der Waals surface area contributed by atoms with Gasteiger partial charge in [-0.25, -0.2) is 4.39 Å². The highest BCUT2D eigenvalue weighted by Gasteiger charge is 2.50. The van der Waals surface area contributed by atoms with E-state index in [0.717, 1.165) is 31.2 Å². The second kappa shape index (κ2) is 6.69. The van der Waals surface area contributed by atoms with E-state index in [2.05, 4.69) is 0 Å². The van der Waals surface area contributed by atoms with Crippen LogP contribution >= 0.6 is 0 Å². The predicted octanol–water partition coefficient (Wildman–Crippen LogP) is 2.86. The minimum absolute atomic E-state index is 0.00795. The first kappa shape index (κ1) is 16.0. The number of halogens is 1.